The largest absolute Gasteiger partial charge is 0.406 e. The number of benzene rings is 1. The van der Waals surface area contributed by atoms with Gasteiger partial charge in [0.2, 0.25) is 0 Å². The Morgan fingerprint density at radius 3 is 2.61 bits per heavy atom. The minimum Gasteiger partial charge on any atom is -0.363 e. The lowest BCUT2D eigenvalue weighted by atomic mass is 9.84. The Hall–Kier alpha value is -3.55. The van der Waals surface area contributed by atoms with Crippen molar-refractivity contribution in [2.24, 2.45) is 16.5 Å². The normalized spacial score (nSPS) is 15.2. The van der Waals surface area contributed by atoms with Gasteiger partial charge in [0.1, 0.15) is 13.2 Å². The van der Waals surface area contributed by atoms with Gasteiger partial charge in [0.05, 0.1) is 17.4 Å². The molecule has 46 heavy (non-hydrogen) atoms. The highest BCUT2D eigenvalue weighted by atomic mass is 19.4. The number of hydrazine groups is 1. The van der Waals surface area contributed by atoms with Crippen LogP contribution >= 0.6 is 0 Å². The first-order valence-corrected chi connectivity index (χ1v) is 15.9. The number of nitrogens with two attached hydrogens (primary N) is 1. The number of rotatable bonds is 14. The van der Waals surface area contributed by atoms with Crippen molar-refractivity contribution in [2.45, 2.75) is 85.1 Å². The average molecular weight is 646 g/mol. The van der Waals surface area contributed by atoms with Crippen molar-refractivity contribution in [1.29, 1.82) is 0 Å². The van der Waals surface area contributed by atoms with E-state index in [4.69, 9.17) is 10.6 Å². The third-order valence-corrected chi connectivity index (χ3v) is 8.38. The second-order valence-corrected chi connectivity index (χ2v) is 13.2. The molecule has 0 spiro atoms. The lowest BCUT2D eigenvalue weighted by Gasteiger charge is -2.31. The van der Waals surface area contributed by atoms with E-state index in [1.165, 1.54) is 4.57 Å². The van der Waals surface area contributed by atoms with Gasteiger partial charge in [-0.25, -0.2) is 5.43 Å². The number of nitrogens with one attached hydrogen (secondary N) is 1. The van der Waals surface area contributed by atoms with E-state index in [0.29, 0.717) is 66.0 Å². The number of likely N-dealkylation sites (N-methyl/N-ethyl adjacent to an activating group) is 1. The van der Waals surface area contributed by atoms with Crippen LogP contribution in [-0.2, 0) is 29.1 Å². The summed E-state index contributed by atoms with van der Waals surface area (Å²) < 4.78 is 43.9. The van der Waals surface area contributed by atoms with Gasteiger partial charge < -0.3 is 15.1 Å². The van der Waals surface area contributed by atoms with Gasteiger partial charge in [-0.15, -0.1) is 4.91 Å². The number of nitrogens with zero attached hydrogens (tertiary/aromatic N) is 5. The number of hydrogen-bond donors (Lipinski definition) is 2. The van der Waals surface area contributed by atoms with Crippen molar-refractivity contribution < 1.29 is 22.8 Å². The summed E-state index contributed by atoms with van der Waals surface area (Å²) in [6.45, 7) is 11.3. The van der Waals surface area contributed by atoms with Crippen LogP contribution < -0.4 is 11.2 Å². The van der Waals surface area contributed by atoms with Gasteiger partial charge in [0.25, 0.3) is 5.91 Å². The lowest BCUT2D eigenvalue weighted by molar-refractivity contribution is -0.139. The Bertz CT molecular complexity index is 1500. The SMILES string of the molecule is CCN(Cc1ccc2c(c1)c(CC(C)(C)CON=O)c(-c1cccnc1C(C)C)n2CC(F)(F)F)CC(N)C(=O)N1CCCCN1. The zero-order chi connectivity index (χ0) is 33.6. The Morgan fingerprint density at radius 2 is 1.98 bits per heavy atom. The third kappa shape index (κ3) is 8.62. The number of halogens is 3. The number of fused-ring (bicyclic) bond motifs is 1. The van der Waals surface area contributed by atoms with Crippen LogP contribution in [0.2, 0.25) is 0 Å². The molecule has 4 rings (SSSR count). The zero-order valence-electron chi connectivity index (χ0n) is 27.4. The maximum atomic E-state index is 14.2. The molecule has 1 fully saturated rings. The fourth-order valence-corrected chi connectivity index (χ4v) is 6.20. The van der Waals surface area contributed by atoms with Crippen LogP contribution in [0.25, 0.3) is 22.2 Å². The number of aromatic nitrogens is 2. The van der Waals surface area contributed by atoms with E-state index in [1.54, 1.807) is 23.3 Å². The summed E-state index contributed by atoms with van der Waals surface area (Å²) in [5, 5.41) is 4.83. The molecule has 3 N–H and O–H groups in total. The predicted molar refractivity (Wildman–Crippen MR) is 172 cm³/mol. The van der Waals surface area contributed by atoms with Crippen molar-refractivity contribution >= 4 is 16.8 Å². The van der Waals surface area contributed by atoms with Gasteiger partial charge in [-0.3, -0.25) is 19.7 Å². The van der Waals surface area contributed by atoms with E-state index in [-0.39, 0.29) is 18.4 Å². The molecule has 1 aromatic carbocycles. The van der Waals surface area contributed by atoms with Gasteiger partial charge in [0.15, 0.2) is 5.34 Å². The average Bonchev–Trinajstić information content (AvgIpc) is 3.29. The molecule has 0 aliphatic carbocycles. The van der Waals surface area contributed by atoms with Gasteiger partial charge in [-0.1, -0.05) is 40.7 Å². The Balaban J connectivity index is 1.81. The number of carbonyl (C=O) groups is 1. The molecule has 1 amide bonds. The molecule has 0 radical (unpaired) electrons. The number of pyridine rings is 1. The monoisotopic (exact) mass is 645 g/mol. The lowest BCUT2D eigenvalue weighted by Crippen LogP contribution is -2.55. The maximum Gasteiger partial charge on any atom is 0.406 e. The van der Waals surface area contributed by atoms with Gasteiger partial charge in [0, 0.05) is 54.3 Å². The van der Waals surface area contributed by atoms with Crippen molar-refractivity contribution in [3.63, 3.8) is 0 Å². The van der Waals surface area contributed by atoms with E-state index in [2.05, 4.69) is 20.6 Å². The van der Waals surface area contributed by atoms with Crippen LogP contribution in [0, 0.1) is 10.3 Å². The molecule has 10 nitrogen and oxygen atoms in total. The minimum absolute atomic E-state index is 0.00689. The number of carbonyl (C=O) groups excluding carboxylic acids is 1. The second-order valence-electron chi connectivity index (χ2n) is 13.2. The molecule has 3 aromatic rings. The predicted octanol–water partition coefficient (Wildman–Crippen LogP) is 5.93. The molecule has 1 atom stereocenters. The molecule has 1 aliphatic heterocycles. The molecule has 2 aromatic heterocycles. The first-order chi connectivity index (χ1) is 21.7. The molecule has 0 bridgehead atoms. The van der Waals surface area contributed by atoms with Gasteiger partial charge >= 0.3 is 6.18 Å². The summed E-state index contributed by atoms with van der Waals surface area (Å²) in [5.41, 5.74) is 12.6. The summed E-state index contributed by atoms with van der Waals surface area (Å²) in [7, 11) is 0. The summed E-state index contributed by atoms with van der Waals surface area (Å²) >= 11 is 0. The van der Waals surface area contributed by atoms with Crippen LogP contribution in [-0.4, -0.2) is 70.4 Å². The number of amides is 1. The van der Waals surface area contributed by atoms with Crippen molar-refractivity contribution in [3.8, 4) is 11.3 Å². The first kappa shape index (κ1) is 35.3. The van der Waals surface area contributed by atoms with Crippen LogP contribution in [0.3, 0.4) is 0 Å². The molecule has 3 heterocycles. The number of alkyl halides is 3. The van der Waals surface area contributed by atoms with E-state index in [0.717, 1.165) is 24.9 Å². The van der Waals surface area contributed by atoms with Gasteiger partial charge in [-0.05, 0) is 67.1 Å². The summed E-state index contributed by atoms with van der Waals surface area (Å²) in [6.07, 6.45) is -0.587. The Labute approximate surface area is 268 Å². The minimum atomic E-state index is -4.48. The van der Waals surface area contributed by atoms with Crippen LogP contribution in [0.4, 0.5) is 13.2 Å². The highest BCUT2D eigenvalue weighted by Gasteiger charge is 2.34. The van der Waals surface area contributed by atoms with Crippen LogP contribution in [0.1, 0.15) is 70.2 Å². The standard InChI is InChI=1S/C33H46F3N7O3/c1-6-41(19-27(37)31(44)43-15-8-7-14-39-43)18-23-11-12-28-25(16-23)26(17-32(4,5)21-46-40-45)30(42(28)20-33(34,35)36)24-10-9-13-38-29(24)22(2)3/h9-13,16,22,27,39H,6-8,14-15,17-21,37H2,1-5H3. The highest BCUT2D eigenvalue weighted by Crippen LogP contribution is 2.42. The van der Waals surface area contributed by atoms with E-state index >= 15 is 0 Å². The van der Waals surface area contributed by atoms with Crippen molar-refractivity contribution in [2.75, 3.05) is 32.8 Å². The summed E-state index contributed by atoms with van der Waals surface area (Å²) in [6, 6.07) is 8.34. The first-order valence-electron chi connectivity index (χ1n) is 15.9. The summed E-state index contributed by atoms with van der Waals surface area (Å²) in [4.78, 5) is 35.3. The van der Waals surface area contributed by atoms with Crippen LogP contribution in [0.5, 0.6) is 0 Å². The smallest absolute Gasteiger partial charge is 0.363 e. The molecule has 1 unspecified atom stereocenters. The fraction of sp³-hybridized carbons (Fsp3) is 0.576. The van der Waals surface area contributed by atoms with Crippen molar-refractivity contribution in [1.82, 2.24) is 24.9 Å². The number of hydrogen-bond acceptors (Lipinski definition) is 8. The molecular formula is C33H46F3N7O3. The third-order valence-electron chi connectivity index (χ3n) is 8.38. The molecule has 252 valence electrons. The molecule has 0 saturated carbocycles. The Morgan fingerprint density at radius 1 is 1.22 bits per heavy atom. The van der Waals surface area contributed by atoms with Gasteiger partial charge in [-0.2, -0.15) is 13.2 Å². The molecular weight excluding hydrogens is 599 g/mol. The molecule has 1 aliphatic rings. The van der Waals surface area contributed by atoms with Crippen LogP contribution in [0.15, 0.2) is 41.9 Å². The van der Waals surface area contributed by atoms with E-state index in [1.807, 2.05) is 52.8 Å². The van der Waals surface area contributed by atoms with E-state index < -0.39 is 24.2 Å². The highest BCUT2D eigenvalue weighted by molar-refractivity contribution is 5.93. The quantitative estimate of drug-likeness (QED) is 0.165. The fourth-order valence-electron chi connectivity index (χ4n) is 6.20. The zero-order valence-corrected chi connectivity index (χ0v) is 27.4. The summed E-state index contributed by atoms with van der Waals surface area (Å²) in [5.74, 6) is -0.200. The second kappa shape index (κ2) is 14.9. The van der Waals surface area contributed by atoms with Crippen molar-refractivity contribution in [3.05, 3.63) is 58.3 Å². The maximum absolute atomic E-state index is 14.2. The topological polar surface area (TPSA) is 118 Å². The molecule has 1 saturated heterocycles. The molecule has 13 heteroatoms. The Kier molecular flexibility index (Phi) is 11.4. The van der Waals surface area contributed by atoms with E-state index in [9.17, 15) is 22.9 Å².